The van der Waals surface area contributed by atoms with Gasteiger partial charge < -0.3 is 4.74 Å². The van der Waals surface area contributed by atoms with E-state index in [0.29, 0.717) is 23.2 Å². The normalized spacial score (nSPS) is 16.2. The predicted octanol–water partition coefficient (Wildman–Crippen LogP) is 4.34. The van der Waals surface area contributed by atoms with E-state index in [9.17, 15) is 4.79 Å². The van der Waals surface area contributed by atoms with E-state index in [1.54, 1.807) is 0 Å². The van der Waals surface area contributed by atoms with Crippen LogP contribution in [0.15, 0.2) is 47.3 Å². The molecule has 0 atom stereocenters. The molecular formula is C22H21ClN4O2. The maximum absolute atomic E-state index is 12.5. The Morgan fingerprint density at radius 2 is 2.17 bits per heavy atom. The molecule has 1 N–H and O–H groups in total. The second-order valence-electron chi connectivity index (χ2n) is 7.60. The van der Waals surface area contributed by atoms with Crippen LogP contribution in [0.25, 0.3) is 11.4 Å². The molecule has 0 spiro atoms. The molecule has 1 saturated carbocycles. The highest BCUT2D eigenvalue weighted by atomic mass is 35.5. The van der Waals surface area contributed by atoms with Gasteiger partial charge in [-0.2, -0.15) is 9.50 Å². The molecule has 3 aromatic rings. The Kier molecular flexibility index (Phi) is 4.72. The zero-order valence-electron chi connectivity index (χ0n) is 15.9. The van der Waals surface area contributed by atoms with Gasteiger partial charge in [0.25, 0.3) is 11.3 Å². The first-order chi connectivity index (χ1) is 14.2. The lowest BCUT2D eigenvalue weighted by molar-refractivity contribution is 0.297. The molecule has 1 fully saturated rings. The average molecular weight is 409 g/mol. The van der Waals surface area contributed by atoms with Crippen LogP contribution in [0.4, 0.5) is 0 Å². The lowest BCUT2D eigenvalue weighted by Gasteiger charge is -2.12. The molecule has 0 bridgehead atoms. The number of aromatic amines is 1. The fourth-order valence-corrected chi connectivity index (χ4v) is 3.82. The average Bonchev–Trinajstić information content (AvgIpc) is 3.44. The Bertz CT molecular complexity index is 1190. The van der Waals surface area contributed by atoms with Gasteiger partial charge in [-0.3, -0.25) is 9.89 Å². The fourth-order valence-electron chi connectivity index (χ4n) is 3.58. The molecule has 148 valence electrons. The van der Waals surface area contributed by atoms with E-state index in [2.05, 4.69) is 21.1 Å². The van der Waals surface area contributed by atoms with Gasteiger partial charge in [0.2, 0.25) is 0 Å². The summed E-state index contributed by atoms with van der Waals surface area (Å²) in [7, 11) is 0. The number of hydrogen-bond acceptors (Lipinski definition) is 4. The third-order valence-electron chi connectivity index (χ3n) is 5.34. The number of nitrogens with one attached hydrogen (secondary N) is 1. The molecule has 2 aliphatic rings. The zero-order chi connectivity index (χ0) is 19.8. The number of ether oxygens (including phenoxy) is 1. The van der Waals surface area contributed by atoms with Crippen molar-refractivity contribution in [1.82, 2.24) is 19.6 Å². The summed E-state index contributed by atoms with van der Waals surface area (Å²) in [4.78, 5) is 21.5. The minimum atomic E-state index is -0.205. The first-order valence-corrected chi connectivity index (χ1v) is 10.3. The molecule has 2 heterocycles. The Morgan fingerprint density at radius 1 is 1.28 bits per heavy atom. The number of nitrogens with zero attached hydrogens (tertiary/aromatic N) is 3. The highest BCUT2D eigenvalue weighted by Gasteiger charge is 2.24. The minimum absolute atomic E-state index is 0.192. The van der Waals surface area contributed by atoms with Crippen molar-refractivity contribution in [3.05, 3.63) is 75.0 Å². The van der Waals surface area contributed by atoms with Gasteiger partial charge in [0, 0.05) is 16.7 Å². The molecule has 2 aromatic heterocycles. The van der Waals surface area contributed by atoms with Crippen LogP contribution in [0.2, 0.25) is 5.02 Å². The topological polar surface area (TPSA) is 72.3 Å². The monoisotopic (exact) mass is 408 g/mol. The largest absolute Gasteiger partial charge is 0.487 e. The molecule has 0 amide bonds. The Balaban J connectivity index is 1.40. The van der Waals surface area contributed by atoms with Crippen LogP contribution < -0.4 is 10.3 Å². The lowest BCUT2D eigenvalue weighted by Crippen LogP contribution is -2.16. The third kappa shape index (κ3) is 3.85. The van der Waals surface area contributed by atoms with Crippen LogP contribution in [-0.4, -0.2) is 19.6 Å². The zero-order valence-corrected chi connectivity index (χ0v) is 16.7. The van der Waals surface area contributed by atoms with E-state index in [1.165, 1.54) is 23.4 Å². The minimum Gasteiger partial charge on any atom is -0.487 e. The van der Waals surface area contributed by atoms with Gasteiger partial charge in [0.05, 0.1) is 5.69 Å². The summed E-state index contributed by atoms with van der Waals surface area (Å²) in [6.07, 6.45) is 11.4. The van der Waals surface area contributed by atoms with Crippen molar-refractivity contribution in [3.8, 4) is 5.75 Å². The van der Waals surface area contributed by atoms with Crippen molar-refractivity contribution in [2.24, 2.45) is 5.92 Å². The van der Waals surface area contributed by atoms with Crippen LogP contribution in [0, 0.1) is 5.92 Å². The summed E-state index contributed by atoms with van der Waals surface area (Å²) >= 11 is 6.39. The molecule has 2 aliphatic carbocycles. The van der Waals surface area contributed by atoms with Gasteiger partial charge in [-0.15, -0.1) is 0 Å². The number of rotatable bonds is 6. The van der Waals surface area contributed by atoms with Crippen molar-refractivity contribution >= 4 is 23.0 Å². The Labute approximate surface area is 172 Å². The fraction of sp³-hybridized carbons (Fsp3) is 0.318. The summed E-state index contributed by atoms with van der Waals surface area (Å²) in [5.41, 5.74) is 2.44. The molecule has 0 radical (unpaired) electrons. The van der Waals surface area contributed by atoms with E-state index >= 15 is 0 Å². The van der Waals surface area contributed by atoms with Gasteiger partial charge >= 0.3 is 0 Å². The highest BCUT2D eigenvalue weighted by molar-refractivity contribution is 6.31. The molecule has 0 unspecified atom stereocenters. The SMILES string of the molecule is O=c1cc(COc2cccc(Cl)c2CC2CC2)nc2nc(C3=CC=CCC3)[nH]n12. The van der Waals surface area contributed by atoms with Gasteiger partial charge in [0.15, 0.2) is 5.82 Å². The number of H-pyrrole nitrogens is 1. The highest BCUT2D eigenvalue weighted by Crippen LogP contribution is 2.38. The van der Waals surface area contributed by atoms with Gasteiger partial charge in [0.1, 0.15) is 12.4 Å². The van der Waals surface area contributed by atoms with Crippen LogP contribution >= 0.6 is 11.6 Å². The van der Waals surface area contributed by atoms with E-state index in [1.807, 2.05) is 30.4 Å². The number of benzene rings is 1. The lowest BCUT2D eigenvalue weighted by atomic mass is 10.1. The predicted molar refractivity (Wildman–Crippen MR) is 112 cm³/mol. The maximum atomic E-state index is 12.5. The number of aromatic nitrogens is 4. The third-order valence-corrected chi connectivity index (χ3v) is 5.70. The first kappa shape index (κ1) is 18.2. The molecule has 5 rings (SSSR count). The molecule has 6 nitrogen and oxygen atoms in total. The Hall–Kier alpha value is -2.86. The van der Waals surface area contributed by atoms with Crippen molar-refractivity contribution in [2.75, 3.05) is 0 Å². The van der Waals surface area contributed by atoms with Crippen molar-refractivity contribution in [2.45, 2.75) is 38.7 Å². The molecule has 1 aromatic carbocycles. The van der Waals surface area contributed by atoms with Crippen LogP contribution in [0.5, 0.6) is 5.75 Å². The summed E-state index contributed by atoms with van der Waals surface area (Å²) < 4.78 is 7.38. The summed E-state index contributed by atoms with van der Waals surface area (Å²) in [6, 6.07) is 7.18. The molecule has 0 aliphatic heterocycles. The summed E-state index contributed by atoms with van der Waals surface area (Å²) in [6.45, 7) is 0.192. The maximum Gasteiger partial charge on any atom is 0.274 e. The van der Waals surface area contributed by atoms with Crippen molar-refractivity contribution < 1.29 is 4.74 Å². The summed E-state index contributed by atoms with van der Waals surface area (Å²) in [5, 5.41) is 3.78. The van der Waals surface area contributed by atoms with Gasteiger partial charge in [-0.1, -0.05) is 35.9 Å². The smallest absolute Gasteiger partial charge is 0.274 e. The van der Waals surface area contributed by atoms with E-state index in [0.717, 1.165) is 41.2 Å². The van der Waals surface area contributed by atoms with Crippen molar-refractivity contribution in [3.63, 3.8) is 0 Å². The summed E-state index contributed by atoms with van der Waals surface area (Å²) in [5.74, 6) is 2.49. The van der Waals surface area contributed by atoms with Crippen LogP contribution in [0.3, 0.4) is 0 Å². The molecule has 7 heteroatoms. The van der Waals surface area contributed by atoms with Crippen LogP contribution in [-0.2, 0) is 13.0 Å². The number of hydrogen-bond donors (Lipinski definition) is 1. The van der Waals surface area contributed by atoms with Gasteiger partial charge in [-0.25, -0.2) is 4.98 Å². The molecule has 0 saturated heterocycles. The number of halogens is 1. The van der Waals surface area contributed by atoms with E-state index < -0.39 is 0 Å². The molecule has 29 heavy (non-hydrogen) atoms. The number of fused-ring (bicyclic) bond motifs is 1. The second kappa shape index (κ2) is 7.52. The quantitative estimate of drug-likeness (QED) is 0.658. The second-order valence-corrected chi connectivity index (χ2v) is 8.01. The molecular weight excluding hydrogens is 388 g/mol. The first-order valence-electron chi connectivity index (χ1n) is 9.92. The Morgan fingerprint density at radius 3 is 2.97 bits per heavy atom. The van der Waals surface area contributed by atoms with Crippen molar-refractivity contribution in [1.29, 1.82) is 0 Å². The van der Waals surface area contributed by atoms with E-state index in [-0.39, 0.29) is 12.2 Å². The standard InChI is InChI=1S/C22H21ClN4O2/c23-18-7-4-8-19(17(18)11-14-9-10-14)29-13-16-12-20(28)27-22(24-16)25-21(26-27)15-5-2-1-3-6-15/h1-2,4-5,7-8,12,14H,3,6,9-11,13H2,(H,24,25,26). The van der Waals surface area contributed by atoms with Gasteiger partial charge in [-0.05, 0) is 55.7 Å². The van der Waals surface area contributed by atoms with Crippen LogP contribution in [0.1, 0.15) is 42.8 Å². The number of allylic oxidation sites excluding steroid dienone is 4. The van der Waals surface area contributed by atoms with E-state index in [4.69, 9.17) is 16.3 Å².